The number of thiazole rings is 1. The van der Waals surface area contributed by atoms with Gasteiger partial charge >= 0.3 is 0 Å². The summed E-state index contributed by atoms with van der Waals surface area (Å²) in [6, 6.07) is 13.0. The summed E-state index contributed by atoms with van der Waals surface area (Å²) in [5.74, 6) is -1.65. The smallest absolute Gasteiger partial charge is 0.254 e. The van der Waals surface area contributed by atoms with E-state index in [9.17, 15) is 14.0 Å². The molecule has 28 heavy (non-hydrogen) atoms. The summed E-state index contributed by atoms with van der Waals surface area (Å²) >= 11 is 7.40. The van der Waals surface area contributed by atoms with Gasteiger partial charge in [-0.2, -0.15) is 0 Å². The van der Waals surface area contributed by atoms with Crippen LogP contribution in [0.3, 0.4) is 0 Å². The minimum atomic E-state index is -0.636. The third-order valence-electron chi connectivity index (χ3n) is 3.92. The molecule has 0 spiro atoms. The van der Waals surface area contributed by atoms with Crippen molar-refractivity contribution in [3.63, 3.8) is 0 Å². The molecule has 0 aliphatic carbocycles. The second kappa shape index (κ2) is 8.95. The number of amides is 2. The fraction of sp³-hybridized carbons (Fsp3) is 0.150. The Balaban J connectivity index is 1.54. The van der Waals surface area contributed by atoms with Crippen LogP contribution in [-0.2, 0) is 11.3 Å². The maximum atomic E-state index is 13.6. The van der Waals surface area contributed by atoms with E-state index in [-0.39, 0.29) is 24.6 Å². The molecule has 0 saturated heterocycles. The first-order chi connectivity index (χ1) is 13.4. The molecule has 0 atom stereocenters. The molecule has 2 N–H and O–H groups in total. The third-order valence-corrected chi connectivity index (χ3v) is 5.15. The average molecular weight is 418 g/mol. The maximum absolute atomic E-state index is 13.6. The standard InChI is InChI=1S/C20H17ClFN3O2S/c1-12-19(13-6-8-14(21)9-7-13)25-18(28-12)11-23-17(26)10-24-20(27)15-4-2-3-5-16(15)22/h2-9H,10-11H2,1H3,(H,23,26)(H,24,27). The van der Waals surface area contributed by atoms with Gasteiger partial charge in [-0.15, -0.1) is 11.3 Å². The zero-order valence-electron chi connectivity index (χ0n) is 15.0. The molecule has 2 aromatic carbocycles. The Morgan fingerprint density at radius 2 is 1.82 bits per heavy atom. The van der Waals surface area contributed by atoms with Crippen LogP contribution in [0.25, 0.3) is 11.3 Å². The first-order valence-corrected chi connectivity index (χ1v) is 9.65. The lowest BCUT2D eigenvalue weighted by Gasteiger charge is -2.06. The summed E-state index contributed by atoms with van der Waals surface area (Å²) in [4.78, 5) is 29.5. The van der Waals surface area contributed by atoms with Crippen LogP contribution in [0.4, 0.5) is 4.39 Å². The minimum absolute atomic E-state index is 0.0987. The third kappa shape index (κ3) is 4.94. The molecule has 3 aromatic rings. The van der Waals surface area contributed by atoms with Gasteiger partial charge in [0.15, 0.2) is 0 Å². The highest BCUT2D eigenvalue weighted by atomic mass is 35.5. The highest BCUT2D eigenvalue weighted by Crippen LogP contribution is 2.28. The van der Waals surface area contributed by atoms with Crippen molar-refractivity contribution in [2.45, 2.75) is 13.5 Å². The second-order valence-corrected chi connectivity index (χ2v) is 7.68. The topological polar surface area (TPSA) is 71.1 Å². The lowest BCUT2D eigenvalue weighted by molar-refractivity contribution is -0.120. The number of aromatic nitrogens is 1. The quantitative estimate of drug-likeness (QED) is 0.637. The number of nitrogens with zero attached hydrogens (tertiary/aromatic N) is 1. The van der Waals surface area contributed by atoms with Crippen LogP contribution in [0, 0.1) is 12.7 Å². The monoisotopic (exact) mass is 417 g/mol. The number of carbonyl (C=O) groups excluding carboxylic acids is 2. The highest BCUT2D eigenvalue weighted by Gasteiger charge is 2.13. The van der Waals surface area contributed by atoms with E-state index in [1.165, 1.54) is 29.5 Å². The first-order valence-electron chi connectivity index (χ1n) is 8.45. The van der Waals surface area contributed by atoms with Crippen molar-refractivity contribution >= 4 is 34.8 Å². The van der Waals surface area contributed by atoms with E-state index in [2.05, 4.69) is 15.6 Å². The lowest BCUT2D eigenvalue weighted by atomic mass is 10.1. The van der Waals surface area contributed by atoms with Gasteiger partial charge in [0.2, 0.25) is 5.91 Å². The number of benzene rings is 2. The SMILES string of the molecule is Cc1sc(CNC(=O)CNC(=O)c2ccccc2F)nc1-c1ccc(Cl)cc1. The van der Waals surface area contributed by atoms with Crippen LogP contribution < -0.4 is 10.6 Å². The van der Waals surface area contributed by atoms with Gasteiger partial charge in [-0.1, -0.05) is 35.9 Å². The summed E-state index contributed by atoms with van der Waals surface area (Å²) in [7, 11) is 0. The molecule has 2 amide bonds. The molecular formula is C20H17ClFN3O2S. The molecule has 0 aliphatic rings. The Morgan fingerprint density at radius 1 is 1.11 bits per heavy atom. The van der Waals surface area contributed by atoms with Gasteiger partial charge in [-0.05, 0) is 31.2 Å². The molecule has 8 heteroatoms. The summed E-state index contributed by atoms with van der Waals surface area (Å²) in [6.07, 6.45) is 0. The van der Waals surface area contributed by atoms with Gasteiger partial charge in [0.25, 0.3) is 5.91 Å². The van der Waals surface area contributed by atoms with E-state index in [1.807, 2.05) is 19.1 Å². The summed E-state index contributed by atoms with van der Waals surface area (Å²) < 4.78 is 13.6. The average Bonchev–Trinajstić information content (AvgIpc) is 3.06. The Hall–Kier alpha value is -2.77. The van der Waals surface area contributed by atoms with Gasteiger partial charge in [-0.25, -0.2) is 9.37 Å². The number of aryl methyl sites for hydroxylation is 1. The number of hydrogen-bond donors (Lipinski definition) is 2. The normalized spacial score (nSPS) is 10.5. The maximum Gasteiger partial charge on any atom is 0.254 e. The van der Waals surface area contributed by atoms with Crippen LogP contribution in [0.2, 0.25) is 5.02 Å². The molecule has 0 radical (unpaired) electrons. The lowest BCUT2D eigenvalue weighted by Crippen LogP contribution is -2.36. The van der Waals surface area contributed by atoms with Crippen LogP contribution in [-0.4, -0.2) is 23.3 Å². The van der Waals surface area contributed by atoms with Crippen LogP contribution in [0.1, 0.15) is 20.2 Å². The van der Waals surface area contributed by atoms with E-state index in [0.717, 1.165) is 21.1 Å². The molecule has 1 heterocycles. The van der Waals surface area contributed by atoms with E-state index in [4.69, 9.17) is 11.6 Å². The molecular weight excluding hydrogens is 401 g/mol. The summed E-state index contributed by atoms with van der Waals surface area (Å²) in [5.41, 5.74) is 1.70. The summed E-state index contributed by atoms with van der Waals surface area (Å²) in [6.45, 7) is 1.95. The van der Waals surface area contributed by atoms with Crippen molar-refractivity contribution in [3.05, 3.63) is 74.8 Å². The van der Waals surface area contributed by atoms with E-state index in [1.54, 1.807) is 18.2 Å². The van der Waals surface area contributed by atoms with Gasteiger partial charge < -0.3 is 10.6 Å². The molecule has 0 bridgehead atoms. The molecule has 3 rings (SSSR count). The Labute approximate surface area is 170 Å². The van der Waals surface area contributed by atoms with Gasteiger partial charge in [0.05, 0.1) is 24.3 Å². The Kier molecular flexibility index (Phi) is 6.38. The second-order valence-electron chi connectivity index (χ2n) is 5.96. The largest absolute Gasteiger partial charge is 0.348 e. The highest BCUT2D eigenvalue weighted by molar-refractivity contribution is 7.12. The van der Waals surface area contributed by atoms with Crippen molar-refractivity contribution < 1.29 is 14.0 Å². The van der Waals surface area contributed by atoms with Gasteiger partial charge in [0.1, 0.15) is 10.8 Å². The molecule has 0 fully saturated rings. The van der Waals surface area contributed by atoms with Crippen LogP contribution in [0.5, 0.6) is 0 Å². The van der Waals surface area contributed by atoms with Crippen LogP contribution in [0.15, 0.2) is 48.5 Å². The Bertz CT molecular complexity index is 1000. The number of hydrogen-bond acceptors (Lipinski definition) is 4. The molecule has 1 aromatic heterocycles. The molecule has 0 saturated carbocycles. The van der Waals surface area contributed by atoms with Crippen molar-refractivity contribution in [1.82, 2.24) is 15.6 Å². The first kappa shape index (κ1) is 20.0. The van der Waals surface area contributed by atoms with Gasteiger partial charge in [-0.3, -0.25) is 9.59 Å². The van der Waals surface area contributed by atoms with Crippen molar-refractivity contribution in [3.8, 4) is 11.3 Å². The zero-order chi connectivity index (χ0) is 20.1. The number of nitrogens with one attached hydrogen (secondary N) is 2. The van der Waals surface area contributed by atoms with Crippen molar-refractivity contribution in [2.75, 3.05) is 6.54 Å². The van der Waals surface area contributed by atoms with E-state index in [0.29, 0.717) is 5.02 Å². The number of carbonyl (C=O) groups is 2. The van der Waals surface area contributed by atoms with E-state index < -0.39 is 11.7 Å². The van der Waals surface area contributed by atoms with E-state index >= 15 is 0 Å². The number of halogens is 2. The number of rotatable bonds is 6. The van der Waals surface area contributed by atoms with Crippen molar-refractivity contribution in [2.24, 2.45) is 0 Å². The van der Waals surface area contributed by atoms with Crippen LogP contribution >= 0.6 is 22.9 Å². The molecule has 0 aliphatic heterocycles. The predicted octanol–water partition coefficient (Wildman–Crippen LogP) is 3.96. The summed E-state index contributed by atoms with van der Waals surface area (Å²) in [5, 5.41) is 6.50. The predicted molar refractivity (Wildman–Crippen MR) is 108 cm³/mol. The minimum Gasteiger partial charge on any atom is -0.348 e. The fourth-order valence-corrected chi connectivity index (χ4v) is 3.56. The molecule has 5 nitrogen and oxygen atoms in total. The Morgan fingerprint density at radius 3 is 2.54 bits per heavy atom. The zero-order valence-corrected chi connectivity index (χ0v) is 16.5. The molecule has 0 unspecified atom stereocenters. The molecule has 144 valence electrons. The van der Waals surface area contributed by atoms with Gasteiger partial charge in [0, 0.05) is 15.5 Å². The van der Waals surface area contributed by atoms with Crippen molar-refractivity contribution in [1.29, 1.82) is 0 Å². The fourth-order valence-electron chi connectivity index (χ4n) is 2.54.